The van der Waals surface area contributed by atoms with Crippen LogP contribution in [0.2, 0.25) is 5.02 Å². The highest BCUT2D eigenvalue weighted by Gasteiger charge is 2.30. The van der Waals surface area contributed by atoms with Gasteiger partial charge in [0, 0.05) is 12.6 Å². The van der Waals surface area contributed by atoms with Gasteiger partial charge in [-0.15, -0.1) is 0 Å². The molecule has 21 heavy (non-hydrogen) atoms. The molecule has 1 unspecified atom stereocenters. The normalized spacial score (nSPS) is 17.5. The van der Waals surface area contributed by atoms with Gasteiger partial charge in [-0.25, -0.2) is 14.3 Å². The molecule has 2 aromatic rings. The van der Waals surface area contributed by atoms with Gasteiger partial charge >= 0.3 is 11.7 Å². The molecule has 7 nitrogen and oxygen atoms in total. The highest BCUT2D eigenvalue weighted by Crippen LogP contribution is 2.22. The van der Waals surface area contributed by atoms with Gasteiger partial charge < -0.3 is 5.11 Å². The Morgan fingerprint density at radius 1 is 1.52 bits per heavy atom. The maximum Gasteiger partial charge on any atom is 0.347 e. The number of pyridine rings is 1. The number of aromatic nitrogens is 4. The molecular formula is C13H13ClN4O3. The summed E-state index contributed by atoms with van der Waals surface area (Å²) >= 11 is 6.03. The number of fused-ring (bicyclic) bond motifs is 1. The second kappa shape index (κ2) is 5.33. The molecule has 0 fully saturated rings. The summed E-state index contributed by atoms with van der Waals surface area (Å²) in [6, 6.07) is 2.55. The van der Waals surface area contributed by atoms with Crippen molar-refractivity contribution in [1.29, 1.82) is 0 Å². The lowest BCUT2D eigenvalue weighted by Crippen LogP contribution is -2.34. The van der Waals surface area contributed by atoms with Crippen molar-refractivity contribution in [3.8, 4) is 0 Å². The summed E-state index contributed by atoms with van der Waals surface area (Å²) in [6.07, 6.45) is 3.33. The topological polar surface area (TPSA) is 90.0 Å². The molecule has 0 saturated carbocycles. The molecule has 2 aromatic heterocycles. The van der Waals surface area contributed by atoms with E-state index in [9.17, 15) is 14.7 Å². The van der Waals surface area contributed by atoms with E-state index < -0.39 is 17.7 Å². The Kier molecular flexibility index (Phi) is 3.50. The number of hydrogen-bond acceptors (Lipinski definition) is 4. The van der Waals surface area contributed by atoms with Crippen molar-refractivity contribution < 1.29 is 9.90 Å². The van der Waals surface area contributed by atoms with Gasteiger partial charge in [-0.3, -0.25) is 9.55 Å². The Morgan fingerprint density at radius 2 is 2.33 bits per heavy atom. The monoisotopic (exact) mass is 308 g/mol. The highest BCUT2D eigenvalue weighted by molar-refractivity contribution is 6.31. The maximum atomic E-state index is 12.4. The average molecular weight is 309 g/mol. The van der Waals surface area contributed by atoms with Gasteiger partial charge in [-0.05, 0) is 25.0 Å². The molecular weight excluding hydrogens is 296 g/mol. The molecule has 0 aliphatic carbocycles. The molecule has 0 radical (unpaired) electrons. The van der Waals surface area contributed by atoms with E-state index in [1.165, 1.54) is 9.25 Å². The zero-order chi connectivity index (χ0) is 15.0. The third-order valence-corrected chi connectivity index (χ3v) is 3.89. The van der Waals surface area contributed by atoms with Crippen LogP contribution < -0.4 is 5.69 Å². The second-order valence-electron chi connectivity index (χ2n) is 4.90. The number of carboxylic acids is 1. The number of nitrogens with zero attached hydrogens (tertiary/aromatic N) is 4. The van der Waals surface area contributed by atoms with Crippen molar-refractivity contribution >= 4 is 17.6 Å². The molecule has 0 aromatic carbocycles. The van der Waals surface area contributed by atoms with Crippen LogP contribution in [-0.4, -0.2) is 30.4 Å². The molecule has 0 bridgehead atoms. The Labute approximate surface area is 124 Å². The number of aliphatic carboxylic acids is 1. The molecule has 3 heterocycles. The molecule has 0 amide bonds. The van der Waals surface area contributed by atoms with Crippen molar-refractivity contribution in [3.05, 3.63) is 45.4 Å². The van der Waals surface area contributed by atoms with Crippen LogP contribution in [0.3, 0.4) is 0 Å². The third kappa shape index (κ3) is 2.44. The first kappa shape index (κ1) is 13.8. The van der Waals surface area contributed by atoms with Crippen LogP contribution >= 0.6 is 11.6 Å². The Hall–Kier alpha value is -2.15. The first-order valence-corrected chi connectivity index (χ1v) is 6.96. The minimum atomic E-state index is -1.01. The van der Waals surface area contributed by atoms with E-state index in [4.69, 9.17) is 11.6 Å². The lowest BCUT2D eigenvalue weighted by Gasteiger charge is -2.19. The quantitative estimate of drug-likeness (QED) is 0.917. The van der Waals surface area contributed by atoms with Crippen molar-refractivity contribution in [2.24, 2.45) is 0 Å². The van der Waals surface area contributed by atoms with Crippen molar-refractivity contribution in [1.82, 2.24) is 19.3 Å². The molecule has 110 valence electrons. The second-order valence-corrected chi connectivity index (χ2v) is 5.31. The van der Waals surface area contributed by atoms with Gasteiger partial charge in [0.15, 0.2) is 0 Å². The molecule has 0 spiro atoms. The molecule has 1 atom stereocenters. The van der Waals surface area contributed by atoms with E-state index in [1.807, 2.05) is 0 Å². The number of rotatable bonds is 3. The van der Waals surface area contributed by atoms with Crippen molar-refractivity contribution in [3.63, 3.8) is 0 Å². The van der Waals surface area contributed by atoms with Crippen molar-refractivity contribution in [2.75, 3.05) is 0 Å². The number of hydrogen-bond donors (Lipinski definition) is 1. The summed E-state index contributed by atoms with van der Waals surface area (Å²) in [6.45, 7) is 0.130. The smallest absolute Gasteiger partial charge is 0.347 e. The first-order chi connectivity index (χ1) is 10.1. The Bertz CT molecular complexity index is 752. The fraction of sp³-hybridized carbons (Fsp3) is 0.385. The molecule has 1 N–H and O–H groups in total. The predicted molar refractivity (Wildman–Crippen MR) is 74.4 cm³/mol. The average Bonchev–Trinajstić information content (AvgIpc) is 2.78. The number of carboxylic acid groups (broad SMARTS) is 1. The van der Waals surface area contributed by atoms with Crippen LogP contribution in [0.1, 0.15) is 30.4 Å². The molecule has 0 saturated heterocycles. The lowest BCUT2D eigenvalue weighted by molar-refractivity contribution is -0.141. The summed E-state index contributed by atoms with van der Waals surface area (Å²) < 4.78 is 2.49. The minimum Gasteiger partial charge on any atom is -0.480 e. The van der Waals surface area contributed by atoms with Gasteiger partial charge in [-0.1, -0.05) is 11.6 Å². The molecule has 1 aliphatic heterocycles. The number of aryl methyl sites for hydroxylation is 1. The maximum absolute atomic E-state index is 12.4. The van der Waals surface area contributed by atoms with Crippen LogP contribution in [0.25, 0.3) is 0 Å². The largest absolute Gasteiger partial charge is 0.480 e. The van der Waals surface area contributed by atoms with Gasteiger partial charge in [-0.2, -0.15) is 5.10 Å². The zero-order valence-corrected chi connectivity index (χ0v) is 11.8. The minimum absolute atomic E-state index is 0.130. The van der Waals surface area contributed by atoms with Crippen LogP contribution in [0.4, 0.5) is 0 Å². The SMILES string of the molecule is O=C(O)C1CCCc2nn(Cc3ncccc3Cl)c(=O)n21. The first-order valence-electron chi connectivity index (χ1n) is 6.58. The van der Waals surface area contributed by atoms with Gasteiger partial charge in [0.05, 0.1) is 17.3 Å². The van der Waals surface area contributed by atoms with Crippen LogP contribution in [0.5, 0.6) is 0 Å². The zero-order valence-electron chi connectivity index (χ0n) is 11.1. The van der Waals surface area contributed by atoms with E-state index in [2.05, 4.69) is 10.1 Å². The van der Waals surface area contributed by atoms with Crippen LogP contribution in [-0.2, 0) is 17.8 Å². The van der Waals surface area contributed by atoms with Crippen LogP contribution in [0.15, 0.2) is 23.1 Å². The highest BCUT2D eigenvalue weighted by atomic mass is 35.5. The summed E-state index contributed by atoms with van der Waals surface area (Å²) in [4.78, 5) is 27.8. The van der Waals surface area contributed by atoms with Gasteiger partial charge in [0.25, 0.3) is 0 Å². The summed E-state index contributed by atoms with van der Waals surface area (Å²) in [5.74, 6) is -0.501. The fourth-order valence-electron chi connectivity index (χ4n) is 2.54. The third-order valence-electron chi connectivity index (χ3n) is 3.55. The van der Waals surface area contributed by atoms with Crippen LogP contribution in [0, 0.1) is 0 Å². The van der Waals surface area contributed by atoms with E-state index >= 15 is 0 Å². The standard InChI is InChI=1S/C13H13ClN4O3/c14-8-3-2-6-15-9(8)7-17-13(21)18-10(12(19)20)4-1-5-11(18)16-17/h2-3,6,10H,1,4-5,7H2,(H,19,20). The summed E-state index contributed by atoms with van der Waals surface area (Å²) in [7, 11) is 0. The predicted octanol–water partition coefficient (Wildman–Crippen LogP) is 1.10. The molecule has 1 aliphatic rings. The molecule has 8 heteroatoms. The van der Waals surface area contributed by atoms with E-state index in [1.54, 1.807) is 18.3 Å². The summed E-state index contributed by atoms with van der Waals surface area (Å²) in [5.41, 5.74) is 0.0995. The van der Waals surface area contributed by atoms with Gasteiger partial charge in [0.2, 0.25) is 0 Å². The fourth-order valence-corrected chi connectivity index (χ4v) is 2.73. The van der Waals surface area contributed by atoms with E-state index in [0.717, 1.165) is 0 Å². The molecule has 3 rings (SSSR count). The van der Waals surface area contributed by atoms with Crippen molar-refractivity contribution in [2.45, 2.75) is 31.8 Å². The lowest BCUT2D eigenvalue weighted by atomic mass is 10.1. The van der Waals surface area contributed by atoms with E-state index in [0.29, 0.717) is 35.8 Å². The number of carbonyl (C=O) groups is 1. The van der Waals surface area contributed by atoms with E-state index in [-0.39, 0.29) is 6.54 Å². The Morgan fingerprint density at radius 3 is 3.05 bits per heavy atom. The number of halogens is 1. The Balaban J connectivity index is 2.01. The summed E-state index contributed by atoms with van der Waals surface area (Å²) in [5, 5.41) is 13.9. The van der Waals surface area contributed by atoms with Gasteiger partial charge in [0.1, 0.15) is 11.9 Å².